The second kappa shape index (κ2) is 9.30. The van der Waals surface area contributed by atoms with Gasteiger partial charge < -0.3 is 10.6 Å². The van der Waals surface area contributed by atoms with Gasteiger partial charge in [0.15, 0.2) is 11.6 Å². The van der Waals surface area contributed by atoms with Crippen molar-refractivity contribution in [2.24, 2.45) is 0 Å². The predicted molar refractivity (Wildman–Crippen MR) is 108 cm³/mol. The van der Waals surface area contributed by atoms with Crippen LogP contribution in [0.1, 0.15) is 26.3 Å². The number of anilines is 1. The Morgan fingerprint density at radius 2 is 1.48 bits per heavy atom. The average Bonchev–Trinajstić information content (AvgIpc) is 2.71. The van der Waals surface area contributed by atoms with Gasteiger partial charge in [-0.1, -0.05) is 54.1 Å². The van der Waals surface area contributed by atoms with Gasteiger partial charge in [-0.2, -0.15) is 0 Å². The number of rotatable bonds is 6. The maximum atomic E-state index is 13.5. The minimum Gasteiger partial charge on any atom is -0.352 e. The Labute approximate surface area is 171 Å². The van der Waals surface area contributed by atoms with Gasteiger partial charge in [0.05, 0.1) is 21.8 Å². The molecule has 7 heteroatoms. The highest BCUT2D eigenvalue weighted by molar-refractivity contribution is 6.34. The zero-order valence-corrected chi connectivity index (χ0v) is 16.0. The van der Waals surface area contributed by atoms with Crippen LogP contribution in [0.3, 0.4) is 0 Å². The zero-order valence-electron chi connectivity index (χ0n) is 15.2. The van der Waals surface area contributed by atoms with E-state index in [1.54, 1.807) is 18.2 Å². The highest BCUT2D eigenvalue weighted by Gasteiger charge is 2.18. The van der Waals surface area contributed by atoms with E-state index in [4.69, 9.17) is 11.6 Å². The fraction of sp³-hybridized carbons (Fsp3) is 0.0909. The number of carbonyl (C=O) groups excluding carboxylic acids is 2. The van der Waals surface area contributed by atoms with Gasteiger partial charge in [-0.3, -0.25) is 9.59 Å². The molecule has 0 aliphatic heterocycles. The van der Waals surface area contributed by atoms with Crippen molar-refractivity contribution in [2.45, 2.75) is 6.42 Å². The third-order valence-electron chi connectivity index (χ3n) is 4.22. The first kappa shape index (κ1) is 20.5. The van der Waals surface area contributed by atoms with Gasteiger partial charge in [-0.15, -0.1) is 0 Å². The number of halogens is 3. The lowest BCUT2D eigenvalue weighted by Crippen LogP contribution is -2.27. The van der Waals surface area contributed by atoms with E-state index in [-0.39, 0.29) is 27.7 Å². The number of para-hydroxylation sites is 1. The van der Waals surface area contributed by atoms with Crippen LogP contribution in [0.2, 0.25) is 5.02 Å². The smallest absolute Gasteiger partial charge is 0.257 e. The second-order valence-corrected chi connectivity index (χ2v) is 6.64. The van der Waals surface area contributed by atoms with Crippen LogP contribution in [0.4, 0.5) is 14.5 Å². The lowest BCUT2D eigenvalue weighted by Gasteiger charge is -2.12. The Kier molecular flexibility index (Phi) is 6.57. The zero-order chi connectivity index (χ0) is 20.8. The molecule has 0 saturated heterocycles. The third-order valence-corrected chi connectivity index (χ3v) is 4.53. The van der Waals surface area contributed by atoms with Gasteiger partial charge in [-0.25, -0.2) is 8.78 Å². The topological polar surface area (TPSA) is 58.2 Å². The third kappa shape index (κ3) is 5.18. The predicted octanol–water partition coefficient (Wildman–Crippen LogP) is 4.84. The summed E-state index contributed by atoms with van der Waals surface area (Å²) in [5.74, 6) is -3.46. The van der Waals surface area contributed by atoms with Crippen molar-refractivity contribution in [3.63, 3.8) is 0 Å². The first-order valence-corrected chi connectivity index (χ1v) is 9.20. The van der Waals surface area contributed by atoms with Crippen molar-refractivity contribution in [2.75, 3.05) is 11.9 Å². The first-order valence-electron chi connectivity index (χ1n) is 8.83. The molecule has 0 aliphatic rings. The van der Waals surface area contributed by atoms with Crippen molar-refractivity contribution in [3.05, 3.63) is 100 Å². The van der Waals surface area contributed by atoms with E-state index in [9.17, 15) is 18.4 Å². The standard InChI is InChI=1S/C22H17ClF2N2O2/c23-17-13-19(25)18(24)12-16(17)22(29)27-20-9-5-4-8-15(20)21(28)26-11-10-14-6-2-1-3-7-14/h1-9,12-13H,10-11H2,(H,26,28)(H,27,29). The summed E-state index contributed by atoms with van der Waals surface area (Å²) in [5.41, 5.74) is 1.33. The summed E-state index contributed by atoms with van der Waals surface area (Å²) in [6.07, 6.45) is 0.658. The van der Waals surface area contributed by atoms with Crippen molar-refractivity contribution in [1.29, 1.82) is 0 Å². The molecule has 0 aliphatic carbocycles. The number of carbonyl (C=O) groups is 2. The second-order valence-electron chi connectivity index (χ2n) is 6.24. The molecule has 0 spiro atoms. The minimum absolute atomic E-state index is 0.230. The lowest BCUT2D eigenvalue weighted by molar-refractivity contribution is 0.0955. The summed E-state index contributed by atoms with van der Waals surface area (Å²) in [6, 6.07) is 17.5. The molecule has 0 aromatic heterocycles. The van der Waals surface area contributed by atoms with Crippen molar-refractivity contribution in [3.8, 4) is 0 Å². The van der Waals surface area contributed by atoms with Crippen molar-refractivity contribution < 1.29 is 18.4 Å². The Morgan fingerprint density at radius 3 is 2.24 bits per heavy atom. The van der Waals surface area contributed by atoms with Crippen LogP contribution in [0, 0.1) is 11.6 Å². The van der Waals surface area contributed by atoms with Crippen LogP contribution in [0.5, 0.6) is 0 Å². The van der Waals surface area contributed by atoms with E-state index in [2.05, 4.69) is 10.6 Å². The molecule has 0 atom stereocenters. The molecular weight excluding hydrogens is 398 g/mol. The number of amides is 2. The monoisotopic (exact) mass is 414 g/mol. The summed E-state index contributed by atoms with van der Waals surface area (Å²) in [7, 11) is 0. The molecule has 0 saturated carbocycles. The Bertz CT molecular complexity index is 1040. The van der Waals surface area contributed by atoms with E-state index < -0.39 is 17.5 Å². The highest BCUT2D eigenvalue weighted by Crippen LogP contribution is 2.22. The van der Waals surface area contributed by atoms with Crippen LogP contribution in [0.15, 0.2) is 66.7 Å². The van der Waals surface area contributed by atoms with Crippen LogP contribution < -0.4 is 10.6 Å². The minimum atomic E-state index is -1.19. The summed E-state index contributed by atoms with van der Waals surface area (Å²) in [4.78, 5) is 25.0. The molecule has 3 aromatic rings. The normalized spacial score (nSPS) is 10.4. The van der Waals surface area contributed by atoms with E-state index >= 15 is 0 Å². The number of nitrogens with one attached hydrogen (secondary N) is 2. The summed E-state index contributed by atoms with van der Waals surface area (Å²) >= 11 is 5.84. The Hall–Kier alpha value is -3.25. The molecular formula is C22H17ClF2N2O2. The molecule has 0 fully saturated rings. The molecule has 29 heavy (non-hydrogen) atoms. The Balaban J connectivity index is 1.70. The summed E-state index contributed by atoms with van der Waals surface area (Å²) in [6.45, 7) is 0.417. The van der Waals surface area contributed by atoms with E-state index in [1.807, 2.05) is 30.3 Å². The van der Waals surface area contributed by atoms with Crippen LogP contribution in [-0.4, -0.2) is 18.4 Å². The van der Waals surface area contributed by atoms with E-state index in [0.29, 0.717) is 13.0 Å². The van der Waals surface area contributed by atoms with Gasteiger partial charge in [0.25, 0.3) is 11.8 Å². The van der Waals surface area contributed by atoms with Gasteiger partial charge in [0.2, 0.25) is 0 Å². The van der Waals surface area contributed by atoms with Crippen LogP contribution in [-0.2, 0) is 6.42 Å². The average molecular weight is 415 g/mol. The van der Waals surface area contributed by atoms with Gasteiger partial charge >= 0.3 is 0 Å². The molecule has 0 radical (unpaired) electrons. The van der Waals surface area contributed by atoms with Crippen LogP contribution >= 0.6 is 11.6 Å². The largest absolute Gasteiger partial charge is 0.352 e. The maximum absolute atomic E-state index is 13.5. The van der Waals surface area contributed by atoms with E-state index in [0.717, 1.165) is 17.7 Å². The van der Waals surface area contributed by atoms with E-state index in [1.165, 1.54) is 6.07 Å². The fourth-order valence-corrected chi connectivity index (χ4v) is 2.97. The van der Waals surface area contributed by atoms with Crippen molar-refractivity contribution in [1.82, 2.24) is 5.32 Å². The molecule has 2 amide bonds. The molecule has 0 heterocycles. The molecule has 2 N–H and O–H groups in total. The van der Waals surface area contributed by atoms with Gasteiger partial charge in [0, 0.05) is 6.54 Å². The van der Waals surface area contributed by atoms with Gasteiger partial charge in [-0.05, 0) is 36.2 Å². The summed E-state index contributed by atoms with van der Waals surface area (Å²) in [5, 5.41) is 5.10. The molecule has 4 nitrogen and oxygen atoms in total. The maximum Gasteiger partial charge on any atom is 0.257 e. The lowest BCUT2D eigenvalue weighted by atomic mass is 10.1. The van der Waals surface area contributed by atoms with Crippen LogP contribution in [0.25, 0.3) is 0 Å². The first-order chi connectivity index (χ1) is 14.0. The van der Waals surface area contributed by atoms with Gasteiger partial charge in [0.1, 0.15) is 0 Å². The molecule has 0 unspecified atom stereocenters. The molecule has 3 rings (SSSR count). The summed E-state index contributed by atoms with van der Waals surface area (Å²) < 4.78 is 26.7. The molecule has 0 bridgehead atoms. The number of benzene rings is 3. The highest BCUT2D eigenvalue weighted by atomic mass is 35.5. The molecule has 148 valence electrons. The number of hydrogen-bond acceptors (Lipinski definition) is 2. The number of hydrogen-bond donors (Lipinski definition) is 2. The fourth-order valence-electron chi connectivity index (χ4n) is 2.74. The quantitative estimate of drug-likeness (QED) is 0.567. The van der Waals surface area contributed by atoms with Crippen molar-refractivity contribution >= 4 is 29.1 Å². The SMILES string of the molecule is O=C(Nc1ccccc1C(=O)NCCc1ccccc1)c1cc(F)c(F)cc1Cl. The Morgan fingerprint density at radius 1 is 0.828 bits per heavy atom. The molecule has 3 aromatic carbocycles.